The van der Waals surface area contributed by atoms with Crippen molar-refractivity contribution in [3.63, 3.8) is 0 Å². The number of hydrogen-bond acceptors (Lipinski definition) is 20. The van der Waals surface area contributed by atoms with E-state index in [9.17, 15) is 72.9 Å². The molecule has 2 aliphatic rings. The molecule has 0 saturated carbocycles. The molecule has 2 saturated heterocycles. The molecule has 2 aliphatic heterocycles. The van der Waals surface area contributed by atoms with Crippen molar-refractivity contribution in [3.8, 4) is 0 Å². The number of carboxylic acid groups (broad SMARTS) is 2. The second-order valence-electron chi connectivity index (χ2n) is 13.0. The molecule has 29 heteroatoms. The van der Waals surface area contributed by atoms with Crippen molar-refractivity contribution in [2.75, 3.05) is 6.61 Å². The number of nitrogens with one attached hydrogen (secondary N) is 5. The third-order valence-electron chi connectivity index (χ3n) is 8.52. The van der Waals surface area contributed by atoms with E-state index in [-0.39, 0.29) is 12.1 Å². The number of ether oxygens (including phenoxy) is 3. The molecule has 58 heavy (non-hydrogen) atoms. The number of aliphatic carboxylic acids is 2. The fourth-order valence-electron chi connectivity index (χ4n) is 5.69. The van der Waals surface area contributed by atoms with Crippen LogP contribution in [0.1, 0.15) is 32.4 Å². The van der Waals surface area contributed by atoms with Gasteiger partial charge in [0.05, 0.1) is 19.0 Å². The molecule has 0 radical (unpaired) electrons. The van der Waals surface area contributed by atoms with Crippen LogP contribution in [0.4, 0.5) is 0 Å². The normalized spacial score (nSPS) is 29.6. The highest BCUT2D eigenvalue weighted by Crippen LogP contribution is 2.31. The van der Waals surface area contributed by atoms with Gasteiger partial charge in [0.15, 0.2) is 12.4 Å². The number of rotatable bonds is 21. The van der Waals surface area contributed by atoms with Crippen molar-refractivity contribution in [1.29, 1.82) is 0 Å². The van der Waals surface area contributed by atoms with E-state index >= 15 is 0 Å². The van der Waals surface area contributed by atoms with Crippen molar-refractivity contribution >= 4 is 46.0 Å². The van der Waals surface area contributed by atoms with Crippen LogP contribution in [0.3, 0.4) is 0 Å². The Morgan fingerprint density at radius 2 is 1.64 bits per heavy atom. The summed E-state index contributed by atoms with van der Waals surface area (Å²) in [5, 5.41) is 78.7. The molecule has 15 N–H and O–H groups in total. The van der Waals surface area contributed by atoms with Gasteiger partial charge in [-0.3, -0.25) is 28.6 Å². The lowest BCUT2D eigenvalue weighted by Gasteiger charge is -2.47. The van der Waals surface area contributed by atoms with Gasteiger partial charge in [-0.05, 0) is 13.3 Å². The lowest BCUT2D eigenvalue weighted by Crippen LogP contribution is -2.69. The number of aromatic nitrogens is 2. The molecule has 0 aromatic carbocycles. The zero-order valence-corrected chi connectivity index (χ0v) is 31.2. The van der Waals surface area contributed by atoms with Gasteiger partial charge < -0.3 is 76.6 Å². The Morgan fingerprint density at radius 3 is 2.16 bits per heavy atom. The number of aliphatic hydroxyl groups is 5. The van der Waals surface area contributed by atoms with Crippen molar-refractivity contribution in [1.82, 2.24) is 31.4 Å². The SMILES string of the molecule is CC(=O)N[C@H]1C(ONC(C(=O)NC(Cc2cnc[nH]2)C(=O)NC(CCC(N)=O)C(=O)O)C(C)O)O[C@H](CO)[C@H](O)[C@@H]1O[C@@H]1O[C@H](C(=O)O)[C@@H](O)[C@H](OS(=O)(=O)O)[C@H]1O. The Balaban J connectivity index is 1.89. The molecule has 4 amide bonds. The minimum Gasteiger partial charge on any atom is -0.480 e. The van der Waals surface area contributed by atoms with Gasteiger partial charge in [-0.1, -0.05) is 0 Å². The first kappa shape index (κ1) is 47.9. The Morgan fingerprint density at radius 1 is 0.983 bits per heavy atom. The molecule has 3 heterocycles. The van der Waals surface area contributed by atoms with E-state index in [4.69, 9.17) is 29.3 Å². The number of nitrogens with zero attached hydrogens (tertiary/aromatic N) is 1. The van der Waals surface area contributed by atoms with Crippen LogP contribution >= 0.6 is 0 Å². The van der Waals surface area contributed by atoms with Gasteiger partial charge in [-0.15, -0.1) is 0 Å². The first-order valence-corrected chi connectivity index (χ1v) is 18.4. The minimum atomic E-state index is -5.45. The molecule has 14 atom stereocenters. The third kappa shape index (κ3) is 13.3. The van der Waals surface area contributed by atoms with Crippen LogP contribution in [0.5, 0.6) is 0 Å². The molecular weight excluding hydrogens is 814 g/mol. The summed E-state index contributed by atoms with van der Waals surface area (Å²) in [5.74, 6) is -7.41. The summed E-state index contributed by atoms with van der Waals surface area (Å²) in [6.45, 7) is 1.03. The number of imidazole rings is 1. The fourth-order valence-corrected chi connectivity index (χ4v) is 6.20. The summed E-state index contributed by atoms with van der Waals surface area (Å²) < 4.78 is 52.5. The van der Waals surface area contributed by atoms with Crippen LogP contribution in [0.2, 0.25) is 0 Å². The fraction of sp³-hybridized carbons (Fsp3) is 0.690. The maximum atomic E-state index is 13.6. The van der Waals surface area contributed by atoms with E-state index in [0.717, 1.165) is 13.8 Å². The predicted octanol–water partition coefficient (Wildman–Crippen LogP) is -7.77. The second kappa shape index (κ2) is 21.0. The van der Waals surface area contributed by atoms with E-state index in [1.807, 2.05) is 0 Å². The number of aromatic amines is 1. The molecule has 28 nitrogen and oxygen atoms in total. The summed E-state index contributed by atoms with van der Waals surface area (Å²) in [4.78, 5) is 86.0. The molecule has 0 bridgehead atoms. The van der Waals surface area contributed by atoms with Crippen LogP contribution in [-0.2, 0) is 68.8 Å². The zero-order valence-electron chi connectivity index (χ0n) is 30.4. The number of carbonyl (C=O) groups excluding carboxylic acids is 4. The Bertz CT molecular complexity index is 1700. The molecule has 3 rings (SSSR count). The van der Waals surface area contributed by atoms with Gasteiger partial charge in [-0.25, -0.2) is 18.8 Å². The predicted molar refractivity (Wildman–Crippen MR) is 181 cm³/mol. The monoisotopic (exact) mass is 859 g/mol. The average molecular weight is 860 g/mol. The van der Waals surface area contributed by atoms with Crippen molar-refractivity contribution in [2.45, 2.75) is 119 Å². The van der Waals surface area contributed by atoms with Crippen LogP contribution in [0, 0.1) is 0 Å². The van der Waals surface area contributed by atoms with Crippen molar-refractivity contribution < 1.29 is 101 Å². The Kier molecular flexibility index (Phi) is 17.3. The second-order valence-corrected chi connectivity index (χ2v) is 14.0. The lowest BCUT2D eigenvalue weighted by atomic mass is 9.95. The first-order valence-electron chi connectivity index (χ1n) is 17.0. The summed E-state index contributed by atoms with van der Waals surface area (Å²) in [5.41, 5.74) is 7.55. The number of hydrogen-bond donors (Lipinski definition) is 14. The zero-order chi connectivity index (χ0) is 43.6. The molecule has 5 unspecified atom stereocenters. The lowest BCUT2D eigenvalue weighted by molar-refractivity contribution is -0.344. The smallest absolute Gasteiger partial charge is 0.397 e. The van der Waals surface area contributed by atoms with Crippen molar-refractivity contribution in [3.05, 3.63) is 18.2 Å². The van der Waals surface area contributed by atoms with E-state index in [2.05, 4.69) is 35.6 Å². The number of primary amides is 1. The number of carbonyl (C=O) groups is 6. The summed E-state index contributed by atoms with van der Waals surface area (Å²) in [6.07, 6.45) is -19.9. The molecule has 1 aromatic rings. The van der Waals surface area contributed by atoms with Gasteiger partial charge in [0.2, 0.25) is 29.9 Å². The summed E-state index contributed by atoms with van der Waals surface area (Å²) in [7, 11) is -5.45. The average Bonchev–Trinajstić information content (AvgIpc) is 3.63. The largest absolute Gasteiger partial charge is 0.480 e. The Hall–Kier alpha value is -4.50. The van der Waals surface area contributed by atoms with E-state index in [0.29, 0.717) is 0 Å². The van der Waals surface area contributed by atoms with Crippen LogP contribution in [0.15, 0.2) is 12.5 Å². The van der Waals surface area contributed by atoms with Crippen LogP contribution in [0.25, 0.3) is 0 Å². The van der Waals surface area contributed by atoms with Gasteiger partial charge in [0.25, 0.3) is 0 Å². The highest BCUT2D eigenvalue weighted by atomic mass is 32.3. The third-order valence-corrected chi connectivity index (χ3v) is 8.98. The van der Waals surface area contributed by atoms with Crippen LogP contribution in [-0.4, -0.2) is 186 Å². The van der Waals surface area contributed by atoms with Crippen LogP contribution < -0.4 is 27.2 Å². The van der Waals surface area contributed by atoms with Gasteiger partial charge >= 0.3 is 22.3 Å². The maximum Gasteiger partial charge on any atom is 0.397 e. The number of nitrogens with two attached hydrogens (primary N) is 1. The highest BCUT2D eigenvalue weighted by Gasteiger charge is 2.55. The topological polar surface area (TPSA) is 447 Å². The molecule has 0 aliphatic carbocycles. The van der Waals surface area contributed by atoms with E-state index < -0.39 is 151 Å². The first-order chi connectivity index (χ1) is 27.0. The number of aliphatic hydroxyl groups excluding tert-OH is 5. The number of amides is 4. The highest BCUT2D eigenvalue weighted by molar-refractivity contribution is 7.80. The molecule has 2 fully saturated rings. The van der Waals surface area contributed by atoms with Crippen molar-refractivity contribution in [2.24, 2.45) is 5.73 Å². The number of H-pyrrole nitrogens is 1. The molecule has 328 valence electrons. The standard InChI is InChI=1S/C29H45N7O21S/c1-9(38)16(25(45)35-13(5-11-6-31-8-32-11)24(44)34-12(26(46)47)3-4-15(30)40)36-56-28-17(33-10(2)39)21(18(41)14(7-37)53-28)54-29-20(43)22(57-58(50,51)52)19(42)23(55-29)27(48)49/h6,8-9,12-14,16-23,28-29,36-38,41-43H,3-5,7H2,1-2H3,(H2,30,40)(H,31,32)(H,33,39)(H,34,44)(H,35,45)(H,46,47)(H,48,49)(H,50,51,52)/t9?,12?,13?,14-,16?,17-,18+,19+,20-,21-,22+,23+,28?,29-/m1/s1. The quantitative estimate of drug-likeness (QED) is 0.0403. The summed E-state index contributed by atoms with van der Waals surface area (Å²) in [6, 6.07) is -6.81. The molecule has 1 aromatic heterocycles. The number of carboxylic acids is 2. The Labute approximate surface area is 327 Å². The van der Waals surface area contributed by atoms with Gasteiger partial charge in [0, 0.05) is 31.7 Å². The number of hydroxylamine groups is 1. The minimum absolute atomic E-state index is 0.280. The molecule has 0 spiro atoms. The molecular formula is C29H45N7O21S. The van der Waals surface area contributed by atoms with Gasteiger partial charge in [0.1, 0.15) is 60.8 Å². The van der Waals surface area contributed by atoms with E-state index in [1.165, 1.54) is 12.5 Å². The van der Waals surface area contributed by atoms with E-state index in [1.54, 1.807) is 0 Å². The summed E-state index contributed by atoms with van der Waals surface area (Å²) >= 11 is 0. The van der Waals surface area contributed by atoms with Gasteiger partial charge in [-0.2, -0.15) is 13.9 Å². The maximum absolute atomic E-state index is 13.6.